The summed E-state index contributed by atoms with van der Waals surface area (Å²) < 4.78 is 25.9. The van der Waals surface area contributed by atoms with Crippen molar-refractivity contribution in [1.29, 1.82) is 0 Å². The molecule has 0 fully saturated rings. The minimum Gasteiger partial charge on any atom is -0.481 e. The van der Waals surface area contributed by atoms with Crippen LogP contribution in [0.15, 0.2) is 23.4 Å². The number of carboxylic acids is 1. The molecule has 18 heavy (non-hydrogen) atoms. The van der Waals surface area contributed by atoms with Crippen LogP contribution in [0.2, 0.25) is 0 Å². The molecule has 0 aromatic carbocycles. The number of aromatic nitrogens is 1. The average molecular weight is 274 g/mol. The van der Waals surface area contributed by atoms with E-state index in [0.29, 0.717) is 6.42 Å². The van der Waals surface area contributed by atoms with Crippen molar-refractivity contribution in [1.82, 2.24) is 9.29 Å². The number of nitrogens with one attached hydrogen (secondary N) is 1. The van der Waals surface area contributed by atoms with Gasteiger partial charge in [0.2, 0.25) is 10.0 Å². The van der Waals surface area contributed by atoms with E-state index in [1.807, 2.05) is 0 Å². The molecule has 1 rings (SSSR count). The third-order valence-electron chi connectivity index (χ3n) is 2.52. The summed E-state index contributed by atoms with van der Waals surface area (Å²) >= 11 is 0. The van der Waals surface area contributed by atoms with Crippen LogP contribution in [-0.2, 0) is 14.8 Å². The maximum absolute atomic E-state index is 12.3. The van der Waals surface area contributed by atoms with E-state index in [9.17, 15) is 13.2 Å². The maximum atomic E-state index is 12.3. The highest BCUT2D eigenvalue weighted by atomic mass is 32.2. The van der Waals surface area contributed by atoms with Gasteiger partial charge >= 0.3 is 5.97 Å². The van der Waals surface area contributed by atoms with E-state index in [1.165, 1.54) is 16.6 Å². The average Bonchev–Trinajstić information content (AvgIpc) is 2.76. The van der Waals surface area contributed by atoms with Gasteiger partial charge in [0.15, 0.2) is 0 Å². The summed E-state index contributed by atoms with van der Waals surface area (Å²) in [5.41, 5.74) is 0. The van der Waals surface area contributed by atoms with Gasteiger partial charge in [0.25, 0.3) is 0 Å². The van der Waals surface area contributed by atoms with Gasteiger partial charge in [0.1, 0.15) is 0 Å². The van der Waals surface area contributed by atoms with Crippen molar-refractivity contribution >= 4 is 16.0 Å². The van der Waals surface area contributed by atoms with Crippen molar-refractivity contribution < 1.29 is 18.3 Å². The fourth-order valence-electron chi connectivity index (χ4n) is 1.65. The molecule has 0 amide bonds. The Morgan fingerprint density at radius 1 is 1.50 bits per heavy atom. The summed E-state index contributed by atoms with van der Waals surface area (Å²) in [7, 11) is -3.55. The molecule has 7 heteroatoms. The second kappa shape index (κ2) is 6.01. The zero-order valence-corrected chi connectivity index (χ0v) is 11.3. The number of hydrogen-bond acceptors (Lipinski definition) is 3. The summed E-state index contributed by atoms with van der Waals surface area (Å²) in [6.07, 6.45) is 3.23. The number of rotatable bonds is 7. The molecule has 0 saturated heterocycles. The molecular weight excluding hydrogens is 256 g/mol. The third kappa shape index (κ3) is 3.58. The van der Waals surface area contributed by atoms with Crippen molar-refractivity contribution in [3.05, 3.63) is 18.5 Å². The van der Waals surface area contributed by atoms with E-state index in [4.69, 9.17) is 5.11 Å². The fourth-order valence-corrected chi connectivity index (χ4v) is 3.30. The van der Waals surface area contributed by atoms with Gasteiger partial charge in [-0.05, 0) is 26.3 Å². The quantitative estimate of drug-likeness (QED) is 0.783. The lowest BCUT2D eigenvalue weighted by atomic mass is 10.3. The third-order valence-corrected chi connectivity index (χ3v) is 4.59. The van der Waals surface area contributed by atoms with Crippen LogP contribution in [0.25, 0.3) is 0 Å². The molecule has 1 aromatic rings. The topological polar surface area (TPSA) is 90.5 Å². The van der Waals surface area contributed by atoms with Gasteiger partial charge in [-0.1, -0.05) is 0 Å². The predicted octanol–water partition coefficient (Wildman–Crippen LogP) is 1.28. The Morgan fingerprint density at radius 2 is 2.17 bits per heavy atom. The Bertz CT molecular complexity index is 479. The lowest BCUT2D eigenvalue weighted by Crippen LogP contribution is -2.37. The molecule has 0 aliphatic carbocycles. The molecule has 2 N–H and O–H groups in total. The van der Waals surface area contributed by atoms with Crippen molar-refractivity contribution in [3.8, 4) is 0 Å². The Morgan fingerprint density at radius 3 is 2.61 bits per heavy atom. The Kier molecular flexibility index (Phi) is 4.92. The van der Waals surface area contributed by atoms with Crippen molar-refractivity contribution in [2.75, 3.05) is 6.54 Å². The van der Waals surface area contributed by atoms with Gasteiger partial charge in [-0.3, -0.25) is 4.79 Å². The van der Waals surface area contributed by atoms with Crippen molar-refractivity contribution in [2.24, 2.45) is 0 Å². The number of carboxylic acid groups (broad SMARTS) is 1. The Hall–Kier alpha value is -1.34. The molecule has 0 radical (unpaired) electrons. The summed E-state index contributed by atoms with van der Waals surface area (Å²) in [6, 6.07) is 1.28. The first kappa shape index (κ1) is 14.7. The van der Waals surface area contributed by atoms with Crippen LogP contribution >= 0.6 is 0 Å². The highest BCUT2D eigenvalue weighted by molar-refractivity contribution is 7.89. The monoisotopic (exact) mass is 274 g/mol. The van der Waals surface area contributed by atoms with Crippen LogP contribution in [-0.4, -0.2) is 41.4 Å². The Balaban J connectivity index is 2.82. The lowest BCUT2D eigenvalue weighted by molar-refractivity contribution is -0.137. The molecule has 0 aliphatic heterocycles. The normalized spacial score (nSPS) is 12.2. The van der Waals surface area contributed by atoms with Gasteiger partial charge in [-0.15, -0.1) is 0 Å². The zero-order valence-electron chi connectivity index (χ0n) is 10.5. The second-order valence-corrected chi connectivity index (χ2v) is 6.14. The molecule has 1 heterocycles. The fraction of sp³-hybridized carbons (Fsp3) is 0.545. The molecule has 102 valence electrons. The molecule has 6 nitrogen and oxygen atoms in total. The van der Waals surface area contributed by atoms with E-state index >= 15 is 0 Å². The molecule has 0 aliphatic rings. The summed E-state index contributed by atoms with van der Waals surface area (Å²) in [5, 5.41) is 8.58. The number of nitrogens with zero attached hydrogens (tertiary/aromatic N) is 1. The first-order chi connectivity index (χ1) is 8.35. The summed E-state index contributed by atoms with van der Waals surface area (Å²) in [6.45, 7) is 3.74. The first-order valence-electron chi connectivity index (χ1n) is 5.72. The molecule has 0 atom stereocenters. The number of carbonyl (C=O) groups is 1. The minimum atomic E-state index is -3.55. The standard InChI is InChI=1S/C11H18N2O4S/c1-9(2)13(7-3-4-11(14)15)18(16,17)10-5-6-12-8-10/h5-6,8-9,12H,3-4,7H2,1-2H3,(H,14,15). The second-order valence-electron chi connectivity index (χ2n) is 4.25. The van der Waals surface area contributed by atoms with Gasteiger partial charge in [-0.25, -0.2) is 8.42 Å². The van der Waals surface area contributed by atoms with Gasteiger partial charge in [0.05, 0.1) is 4.90 Å². The maximum Gasteiger partial charge on any atom is 0.303 e. The van der Waals surface area contributed by atoms with E-state index < -0.39 is 16.0 Å². The van der Waals surface area contributed by atoms with Gasteiger partial charge in [-0.2, -0.15) is 4.31 Å². The van der Waals surface area contributed by atoms with Crippen LogP contribution in [0.5, 0.6) is 0 Å². The number of aliphatic carboxylic acids is 1. The molecular formula is C11H18N2O4S. The van der Waals surface area contributed by atoms with E-state index in [1.54, 1.807) is 20.0 Å². The smallest absolute Gasteiger partial charge is 0.303 e. The van der Waals surface area contributed by atoms with Crippen LogP contribution in [0.4, 0.5) is 0 Å². The van der Waals surface area contributed by atoms with Crippen molar-refractivity contribution in [3.63, 3.8) is 0 Å². The molecule has 0 saturated carbocycles. The van der Waals surface area contributed by atoms with Gasteiger partial charge < -0.3 is 10.1 Å². The lowest BCUT2D eigenvalue weighted by Gasteiger charge is -2.25. The van der Waals surface area contributed by atoms with Crippen LogP contribution in [0.3, 0.4) is 0 Å². The first-order valence-corrected chi connectivity index (χ1v) is 7.16. The highest BCUT2D eigenvalue weighted by Gasteiger charge is 2.26. The summed E-state index contributed by atoms with van der Waals surface area (Å²) in [5.74, 6) is -0.919. The summed E-state index contributed by atoms with van der Waals surface area (Å²) in [4.78, 5) is 13.4. The molecule has 0 unspecified atom stereocenters. The zero-order chi connectivity index (χ0) is 13.8. The van der Waals surface area contributed by atoms with E-state index in [-0.39, 0.29) is 23.9 Å². The van der Waals surface area contributed by atoms with E-state index in [2.05, 4.69) is 4.98 Å². The van der Waals surface area contributed by atoms with Crippen LogP contribution in [0.1, 0.15) is 26.7 Å². The van der Waals surface area contributed by atoms with Crippen LogP contribution < -0.4 is 0 Å². The largest absolute Gasteiger partial charge is 0.481 e. The number of hydrogen-bond donors (Lipinski definition) is 2. The Labute approximate surface area is 107 Å². The number of aromatic amines is 1. The van der Waals surface area contributed by atoms with Crippen molar-refractivity contribution in [2.45, 2.75) is 37.6 Å². The van der Waals surface area contributed by atoms with Crippen LogP contribution in [0, 0.1) is 0 Å². The predicted molar refractivity (Wildman–Crippen MR) is 66.7 cm³/mol. The molecule has 1 aromatic heterocycles. The molecule has 0 bridgehead atoms. The number of sulfonamides is 1. The van der Waals surface area contributed by atoms with Gasteiger partial charge in [0, 0.05) is 31.4 Å². The minimum absolute atomic E-state index is 0.0358. The molecule has 0 spiro atoms. The SMILES string of the molecule is CC(C)N(CCCC(=O)O)S(=O)(=O)c1cc[nH]c1. The van der Waals surface area contributed by atoms with E-state index in [0.717, 1.165) is 0 Å². The number of H-pyrrole nitrogens is 1. The highest BCUT2D eigenvalue weighted by Crippen LogP contribution is 2.18.